The molecule has 50 valence electrons. The molecular formula is C4H12N2O2. The minimum absolute atomic E-state index is 0.125. The standard InChI is InChI=1S/C4H12N2O2/c5-1-2-8-4(7)3-6/h4,7H,1-3,5-6H2. The van der Waals surface area contributed by atoms with Gasteiger partial charge in [-0.05, 0) is 0 Å². The molecule has 4 heteroatoms. The SMILES string of the molecule is NCCOC(O)CN. The predicted molar refractivity (Wildman–Crippen MR) is 30.1 cm³/mol. The molecule has 0 heterocycles. The van der Waals surface area contributed by atoms with Gasteiger partial charge in [-0.25, -0.2) is 0 Å². The average Bonchev–Trinajstić information content (AvgIpc) is 1.83. The number of aliphatic hydroxyl groups is 1. The van der Waals surface area contributed by atoms with Crippen molar-refractivity contribution in [3.8, 4) is 0 Å². The Labute approximate surface area is 48.4 Å². The molecule has 0 bridgehead atoms. The zero-order valence-corrected chi connectivity index (χ0v) is 4.71. The maximum Gasteiger partial charge on any atom is 0.166 e. The van der Waals surface area contributed by atoms with Gasteiger partial charge in [0.05, 0.1) is 6.61 Å². The second-order valence-corrected chi connectivity index (χ2v) is 1.35. The number of hydrogen-bond donors (Lipinski definition) is 3. The van der Waals surface area contributed by atoms with Crippen molar-refractivity contribution < 1.29 is 9.84 Å². The third-order valence-electron chi connectivity index (χ3n) is 0.630. The smallest absolute Gasteiger partial charge is 0.166 e. The van der Waals surface area contributed by atoms with E-state index >= 15 is 0 Å². The molecule has 0 aliphatic carbocycles. The summed E-state index contributed by atoms with van der Waals surface area (Å²) in [5, 5.41) is 8.59. The van der Waals surface area contributed by atoms with Crippen LogP contribution in [0.1, 0.15) is 0 Å². The van der Waals surface area contributed by atoms with Crippen LogP contribution in [0, 0.1) is 0 Å². The van der Waals surface area contributed by atoms with E-state index in [0.29, 0.717) is 13.2 Å². The van der Waals surface area contributed by atoms with Crippen molar-refractivity contribution in [3.05, 3.63) is 0 Å². The summed E-state index contributed by atoms with van der Waals surface area (Å²) >= 11 is 0. The fourth-order valence-electron chi connectivity index (χ4n) is 0.272. The molecule has 0 aliphatic heterocycles. The molecule has 0 saturated carbocycles. The zero-order valence-electron chi connectivity index (χ0n) is 4.71. The highest BCUT2D eigenvalue weighted by Gasteiger charge is 1.96. The highest BCUT2D eigenvalue weighted by molar-refractivity contribution is 4.38. The highest BCUT2D eigenvalue weighted by Crippen LogP contribution is 1.79. The quantitative estimate of drug-likeness (QED) is 0.384. The summed E-state index contributed by atoms with van der Waals surface area (Å²) in [5.74, 6) is 0. The van der Waals surface area contributed by atoms with Crippen LogP contribution in [0.2, 0.25) is 0 Å². The van der Waals surface area contributed by atoms with Crippen molar-refractivity contribution in [2.24, 2.45) is 11.5 Å². The molecule has 0 rings (SSSR count). The topological polar surface area (TPSA) is 81.5 Å². The van der Waals surface area contributed by atoms with Gasteiger partial charge in [0.15, 0.2) is 6.29 Å². The number of ether oxygens (including phenoxy) is 1. The van der Waals surface area contributed by atoms with Crippen LogP contribution in [-0.2, 0) is 4.74 Å². The van der Waals surface area contributed by atoms with Crippen molar-refractivity contribution in [3.63, 3.8) is 0 Å². The number of rotatable bonds is 4. The minimum atomic E-state index is -0.849. The summed E-state index contributed by atoms with van der Waals surface area (Å²) in [6, 6.07) is 0. The molecule has 0 amide bonds. The molecule has 0 aromatic heterocycles. The van der Waals surface area contributed by atoms with Crippen molar-refractivity contribution in [2.75, 3.05) is 19.7 Å². The Balaban J connectivity index is 2.86. The van der Waals surface area contributed by atoms with Gasteiger partial charge in [0, 0.05) is 13.1 Å². The third kappa shape index (κ3) is 4.01. The van der Waals surface area contributed by atoms with Gasteiger partial charge in [-0.3, -0.25) is 0 Å². The Morgan fingerprint density at radius 1 is 1.50 bits per heavy atom. The van der Waals surface area contributed by atoms with E-state index in [1.165, 1.54) is 0 Å². The second kappa shape index (κ2) is 4.99. The van der Waals surface area contributed by atoms with Gasteiger partial charge in [0.1, 0.15) is 0 Å². The molecule has 5 N–H and O–H groups in total. The Hall–Kier alpha value is -0.160. The molecule has 0 aromatic carbocycles. The van der Waals surface area contributed by atoms with E-state index in [1.54, 1.807) is 0 Å². The van der Waals surface area contributed by atoms with Crippen molar-refractivity contribution >= 4 is 0 Å². The second-order valence-electron chi connectivity index (χ2n) is 1.35. The van der Waals surface area contributed by atoms with E-state index in [1.807, 2.05) is 0 Å². The lowest BCUT2D eigenvalue weighted by molar-refractivity contribution is -0.0883. The summed E-state index contributed by atoms with van der Waals surface area (Å²) in [6.45, 7) is 0.898. The molecule has 0 fully saturated rings. The largest absolute Gasteiger partial charge is 0.367 e. The van der Waals surface area contributed by atoms with Gasteiger partial charge in [-0.15, -0.1) is 0 Å². The van der Waals surface area contributed by atoms with Crippen LogP contribution >= 0.6 is 0 Å². The van der Waals surface area contributed by atoms with Crippen LogP contribution in [0.3, 0.4) is 0 Å². The van der Waals surface area contributed by atoms with Crippen LogP contribution in [0.25, 0.3) is 0 Å². The third-order valence-corrected chi connectivity index (χ3v) is 0.630. The fourth-order valence-corrected chi connectivity index (χ4v) is 0.272. The van der Waals surface area contributed by atoms with Gasteiger partial charge in [-0.1, -0.05) is 0 Å². The van der Waals surface area contributed by atoms with Gasteiger partial charge in [0.2, 0.25) is 0 Å². The molecule has 0 spiro atoms. The maximum atomic E-state index is 8.59. The molecule has 1 unspecified atom stereocenters. The van der Waals surface area contributed by atoms with E-state index in [0.717, 1.165) is 0 Å². The Bertz CT molecular complexity index is 51.3. The lowest BCUT2D eigenvalue weighted by Gasteiger charge is -2.06. The highest BCUT2D eigenvalue weighted by atomic mass is 16.6. The number of hydrogen-bond acceptors (Lipinski definition) is 4. The van der Waals surface area contributed by atoms with Gasteiger partial charge >= 0.3 is 0 Å². The lowest BCUT2D eigenvalue weighted by atomic mass is 10.6. The van der Waals surface area contributed by atoms with Gasteiger partial charge < -0.3 is 21.3 Å². The van der Waals surface area contributed by atoms with E-state index in [-0.39, 0.29) is 6.54 Å². The van der Waals surface area contributed by atoms with Gasteiger partial charge in [-0.2, -0.15) is 0 Å². The van der Waals surface area contributed by atoms with Crippen LogP contribution in [0.15, 0.2) is 0 Å². The maximum absolute atomic E-state index is 8.59. The summed E-state index contributed by atoms with van der Waals surface area (Å²) in [5.41, 5.74) is 10.1. The number of nitrogens with two attached hydrogens (primary N) is 2. The molecule has 0 saturated heterocycles. The van der Waals surface area contributed by atoms with Gasteiger partial charge in [0.25, 0.3) is 0 Å². The lowest BCUT2D eigenvalue weighted by Crippen LogP contribution is -2.25. The van der Waals surface area contributed by atoms with Crippen LogP contribution in [0.5, 0.6) is 0 Å². The first-order valence-corrected chi connectivity index (χ1v) is 2.51. The zero-order chi connectivity index (χ0) is 6.41. The first kappa shape index (κ1) is 7.84. The summed E-state index contributed by atoms with van der Waals surface area (Å²) in [6.07, 6.45) is -0.849. The van der Waals surface area contributed by atoms with Crippen LogP contribution < -0.4 is 11.5 Å². The van der Waals surface area contributed by atoms with E-state index in [2.05, 4.69) is 4.74 Å². The van der Waals surface area contributed by atoms with Crippen LogP contribution in [0.4, 0.5) is 0 Å². The Morgan fingerprint density at radius 3 is 2.50 bits per heavy atom. The predicted octanol–water partition coefficient (Wildman–Crippen LogP) is -1.76. The van der Waals surface area contributed by atoms with E-state index < -0.39 is 6.29 Å². The molecule has 0 aliphatic rings. The molecule has 0 aromatic rings. The fraction of sp³-hybridized carbons (Fsp3) is 1.00. The Kier molecular flexibility index (Phi) is 4.89. The number of aliphatic hydroxyl groups excluding tert-OH is 1. The van der Waals surface area contributed by atoms with E-state index in [4.69, 9.17) is 16.6 Å². The first-order chi connectivity index (χ1) is 3.81. The van der Waals surface area contributed by atoms with Crippen molar-refractivity contribution in [2.45, 2.75) is 6.29 Å². The summed E-state index contributed by atoms with van der Waals surface area (Å²) in [7, 11) is 0. The molecular weight excluding hydrogens is 108 g/mol. The molecule has 0 radical (unpaired) electrons. The Morgan fingerprint density at radius 2 is 2.12 bits per heavy atom. The van der Waals surface area contributed by atoms with Crippen LogP contribution in [-0.4, -0.2) is 31.1 Å². The average molecular weight is 120 g/mol. The van der Waals surface area contributed by atoms with Crippen molar-refractivity contribution in [1.82, 2.24) is 0 Å². The van der Waals surface area contributed by atoms with E-state index in [9.17, 15) is 0 Å². The minimum Gasteiger partial charge on any atom is -0.367 e. The first-order valence-electron chi connectivity index (χ1n) is 2.51. The monoisotopic (exact) mass is 120 g/mol. The molecule has 4 nitrogen and oxygen atoms in total. The summed E-state index contributed by atoms with van der Waals surface area (Å²) < 4.78 is 4.65. The molecule has 1 atom stereocenters. The molecule has 8 heavy (non-hydrogen) atoms. The van der Waals surface area contributed by atoms with Crippen molar-refractivity contribution in [1.29, 1.82) is 0 Å². The summed E-state index contributed by atoms with van der Waals surface area (Å²) in [4.78, 5) is 0. The normalized spacial score (nSPS) is 13.9.